The summed E-state index contributed by atoms with van der Waals surface area (Å²) in [6.07, 6.45) is 0.577. The molecule has 0 bridgehead atoms. The molecule has 0 aromatic carbocycles. The third-order valence-corrected chi connectivity index (χ3v) is 4.48. The molecule has 120 valence electrons. The summed E-state index contributed by atoms with van der Waals surface area (Å²) < 4.78 is 1.71. The number of nitrogens with two attached hydrogens (primary N) is 1. The molecule has 5 N–H and O–H groups in total. The number of fused-ring (bicyclic) bond motifs is 1. The van der Waals surface area contributed by atoms with Crippen LogP contribution in [-0.4, -0.2) is 49.6 Å². The Balaban J connectivity index is 1.86. The molecule has 3 rings (SSSR count). The van der Waals surface area contributed by atoms with Crippen molar-refractivity contribution in [3.05, 3.63) is 24.2 Å². The highest BCUT2D eigenvalue weighted by Gasteiger charge is 2.43. The van der Waals surface area contributed by atoms with Crippen molar-refractivity contribution in [2.75, 3.05) is 12.3 Å². The highest BCUT2D eigenvalue weighted by atomic mass is 16.3. The number of aliphatic hydroxyl groups excluding tert-OH is 2. The number of hydrogen-bond donors (Lipinski definition) is 4. The fourth-order valence-electron chi connectivity index (χ4n) is 3.26. The van der Waals surface area contributed by atoms with Crippen molar-refractivity contribution < 1.29 is 10.2 Å². The lowest BCUT2D eigenvalue weighted by atomic mass is 10.0. The zero-order valence-electron chi connectivity index (χ0n) is 12.8. The average molecular weight is 305 g/mol. The van der Waals surface area contributed by atoms with Crippen LogP contribution in [0, 0.1) is 5.92 Å². The van der Waals surface area contributed by atoms with Crippen LogP contribution in [0.3, 0.4) is 0 Å². The van der Waals surface area contributed by atoms with Crippen LogP contribution in [0.25, 0.3) is 5.52 Å². The topological polar surface area (TPSA) is 109 Å². The molecule has 0 saturated heterocycles. The van der Waals surface area contributed by atoms with E-state index < -0.39 is 12.2 Å². The normalized spacial score (nSPS) is 28.8. The van der Waals surface area contributed by atoms with Crippen molar-refractivity contribution >= 4 is 11.3 Å². The SMILES string of the molecule is CC(C)NC[C@@H]1C[C@H](c2ccc3c(N)ncnn23)[C@@H](O)[C@H]1O. The summed E-state index contributed by atoms with van der Waals surface area (Å²) in [7, 11) is 0. The van der Waals surface area contributed by atoms with Gasteiger partial charge in [-0.15, -0.1) is 0 Å². The van der Waals surface area contributed by atoms with E-state index in [1.54, 1.807) is 4.52 Å². The lowest BCUT2D eigenvalue weighted by Gasteiger charge is -2.18. The highest BCUT2D eigenvalue weighted by Crippen LogP contribution is 2.39. The van der Waals surface area contributed by atoms with Gasteiger partial charge in [-0.1, -0.05) is 13.8 Å². The highest BCUT2D eigenvalue weighted by molar-refractivity contribution is 5.65. The molecule has 0 aliphatic heterocycles. The number of rotatable bonds is 4. The van der Waals surface area contributed by atoms with Gasteiger partial charge in [-0.2, -0.15) is 5.10 Å². The largest absolute Gasteiger partial charge is 0.390 e. The number of aromatic nitrogens is 3. The van der Waals surface area contributed by atoms with Crippen molar-refractivity contribution in [1.82, 2.24) is 19.9 Å². The van der Waals surface area contributed by atoms with E-state index in [4.69, 9.17) is 5.73 Å². The molecule has 1 aliphatic rings. The minimum atomic E-state index is -0.798. The van der Waals surface area contributed by atoms with Crippen LogP contribution in [0.5, 0.6) is 0 Å². The van der Waals surface area contributed by atoms with E-state index in [2.05, 4.69) is 29.2 Å². The van der Waals surface area contributed by atoms with Gasteiger partial charge in [-0.3, -0.25) is 0 Å². The Labute approximate surface area is 129 Å². The molecule has 7 heteroatoms. The first-order valence-corrected chi connectivity index (χ1v) is 7.66. The van der Waals surface area contributed by atoms with Gasteiger partial charge < -0.3 is 21.3 Å². The minimum Gasteiger partial charge on any atom is -0.390 e. The molecular weight excluding hydrogens is 282 g/mol. The van der Waals surface area contributed by atoms with Gasteiger partial charge in [0, 0.05) is 30.1 Å². The summed E-state index contributed by atoms with van der Waals surface area (Å²) in [5.74, 6) is 0.269. The van der Waals surface area contributed by atoms with Crippen LogP contribution < -0.4 is 11.1 Å². The first kappa shape index (κ1) is 15.2. The van der Waals surface area contributed by atoms with E-state index in [1.165, 1.54) is 6.33 Å². The maximum absolute atomic E-state index is 10.4. The van der Waals surface area contributed by atoms with Crippen molar-refractivity contribution in [3.63, 3.8) is 0 Å². The molecule has 7 nitrogen and oxygen atoms in total. The molecule has 1 aliphatic carbocycles. The van der Waals surface area contributed by atoms with Crippen molar-refractivity contribution in [2.24, 2.45) is 5.92 Å². The monoisotopic (exact) mass is 305 g/mol. The van der Waals surface area contributed by atoms with Crippen LogP contribution in [0.4, 0.5) is 5.82 Å². The summed E-state index contributed by atoms with van der Waals surface area (Å²) in [6.45, 7) is 4.82. The second-order valence-electron chi connectivity index (χ2n) is 6.35. The molecule has 2 aromatic rings. The summed E-state index contributed by atoms with van der Waals surface area (Å²) in [5.41, 5.74) is 7.43. The molecule has 4 atom stereocenters. The first-order chi connectivity index (χ1) is 10.5. The van der Waals surface area contributed by atoms with Gasteiger partial charge >= 0.3 is 0 Å². The van der Waals surface area contributed by atoms with Crippen LogP contribution in [0.1, 0.15) is 31.9 Å². The number of aliphatic hydroxyl groups is 2. The predicted molar refractivity (Wildman–Crippen MR) is 83.4 cm³/mol. The fourth-order valence-corrected chi connectivity index (χ4v) is 3.26. The van der Waals surface area contributed by atoms with E-state index in [-0.39, 0.29) is 11.8 Å². The van der Waals surface area contributed by atoms with E-state index in [9.17, 15) is 10.2 Å². The van der Waals surface area contributed by atoms with Gasteiger partial charge in [-0.25, -0.2) is 9.50 Å². The Morgan fingerprint density at radius 1 is 1.36 bits per heavy atom. The van der Waals surface area contributed by atoms with E-state index in [1.807, 2.05) is 12.1 Å². The van der Waals surface area contributed by atoms with Crippen LogP contribution in [0.2, 0.25) is 0 Å². The van der Waals surface area contributed by atoms with Crippen LogP contribution in [0.15, 0.2) is 18.5 Å². The van der Waals surface area contributed by atoms with Gasteiger partial charge in [0.2, 0.25) is 0 Å². The Kier molecular flexibility index (Phi) is 4.03. The predicted octanol–water partition coefficient (Wildman–Crippen LogP) is 0.135. The maximum atomic E-state index is 10.4. The summed E-state index contributed by atoms with van der Waals surface area (Å²) in [5, 5.41) is 28.3. The average Bonchev–Trinajstić information content (AvgIpc) is 3.01. The lowest BCUT2D eigenvalue weighted by molar-refractivity contribution is 0.0139. The third-order valence-electron chi connectivity index (χ3n) is 4.48. The zero-order chi connectivity index (χ0) is 15.9. The molecular formula is C15H23N5O2. The van der Waals surface area contributed by atoms with Gasteiger partial charge in [0.15, 0.2) is 5.82 Å². The number of hydrogen-bond acceptors (Lipinski definition) is 6. The van der Waals surface area contributed by atoms with Crippen LogP contribution in [-0.2, 0) is 0 Å². The van der Waals surface area contributed by atoms with E-state index in [0.29, 0.717) is 24.8 Å². The molecule has 2 aromatic heterocycles. The molecule has 0 amide bonds. The standard InChI is InChI=1S/C15H23N5O2/c1-8(2)17-6-9-5-10(14(22)13(9)21)11-3-4-12-15(16)18-7-19-20(11)12/h3-4,7-10,13-14,17,21-22H,5-6H2,1-2H3,(H2,16,18,19)/t9-,10+,13-,14+/m0/s1. The second-order valence-corrected chi connectivity index (χ2v) is 6.35. The number of nitrogen functional groups attached to an aromatic ring is 1. The second kappa shape index (κ2) is 5.83. The van der Waals surface area contributed by atoms with E-state index >= 15 is 0 Å². The third kappa shape index (κ3) is 2.55. The summed E-state index contributed by atoms with van der Waals surface area (Å²) in [4.78, 5) is 3.97. The first-order valence-electron chi connectivity index (χ1n) is 7.66. The fraction of sp³-hybridized carbons (Fsp3) is 0.600. The molecule has 22 heavy (non-hydrogen) atoms. The Morgan fingerprint density at radius 3 is 2.86 bits per heavy atom. The smallest absolute Gasteiger partial charge is 0.151 e. The van der Waals surface area contributed by atoms with Gasteiger partial charge in [0.05, 0.1) is 12.2 Å². The Hall–Kier alpha value is -1.70. The zero-order valence-corrected chi connectivity index (χ0v) is 12.8. The van der Waals surface area contributed by atoms with Gasteiger partial charge in [0.25, 0.3) is 0 Å². The summed E-state index contributed by atoms with van der Waals surface area (Å²) in [6, 6.07) is 4.10. The Bertz CT molecular complexity index is 656. The van der Waals surface area contributed by atoms with Crippen LogP contribution >= 0.6 is 0 Å². The number of nitrogens with zero attached hydrogens (tertiary/aromatic N) is 3. The van der Waals surface area contributed by atoms with Gasteiger partial charge in [-0.05, 0) is 18.6 Å². The maximum Gasteiger partial charge on any atom is 0.151 e. The molecule has 1 saturated carbocycles. The molecule has 1 fully saturated rings. The molecule has 2 heterocycles. The van der Waals surface area contributed by atoms with Gasteiger partial charge in [0.1, 0.15) is 11.8 Å². The molecule has 0 spiro atoms. The molecule has 0 unspecified atom stereocenters. The van der Waals surface area contributed by atoms with Crippen molar-refractivity contribution in [2.45, 2.75) is 44.4 Å². The lowest BCUT2D eigenvalue weighted by Crippen LogP contribution is -2.35. The molecule has 0 radical (unpaired) electrons. The quantitative estimate of drug-likeness (QED) is 0.639. The van der Waals surface area contributed by atoms with Crippen molar-refractivity contribution in [1.29, 1.82) is 0 Å². The number of anilines is 1. The number of nitrogens with one attached hydrogen (secondary N) is 1. The summed E-state index contributed by atoms with van der Waals surface area (Å²) >= 11 is 0. The van der Waals surface area contributed by atoms with Crippen molar-refractivity contribution in [3.8, 4) is 0 Å². The minimum absolute atomic E-state index is 0.0205. The van der Waals surface area contributed by atoms with E-state index in [0.717, 1.165) is 11.2 Å². The Morgan fingerprint density at radius 2 is 2.14 bits per heavy atom.